The average molecular weight is 438 g/mol. The Hall–Kier alpha value is -2.77. The van der Waals surface area contributed by atoms with E-state index in [0.717, 1.165) is 5.02 Å². The van der Waals surface area contributed by atoms with Gasteiger partial charge in [-0.1, -0.05) is 75.7 Å². The zero-order valence-corrected chi connectivity index (χ0v) is 19.9. The van der Waals surface area contributed by atoms with E-state index in [2.05, 4.69) is 99.0 Å². The van der Waals surface area contributed by atoms with Crippen LogP contribution in [-0.4, -0.2) is 4.57 Å². The second-order valence-corrected chi connectivity index (χ2v) is 11.1. The van der Waals surface area contributed by atoms with E-state index in [1.165, 1.54) is 62.2 Å². The SMILES string of the molecule is CC1(C)CCC(C)(C)c2cc(-n3c4ccc(Cl)cc4c4c5ccccc5ccc43)ccc21. The van der Waals surface area contributed by atoms with Gasteiger partial charge < -0.3 is 4.57 Å². The largest absolute Gasteiger partial charge is 0.309 e. The summed E-state index contributed by atoms with van der Waals surface area (Å²) in [5, 5.41) is 5.79. The lowest BCUT2D eigenvalue weighted by Crippen LogP contribution is -2.33. The molecule has 0 radical (unpaired) electrons. The van der Waals surface area contributed by atoms with Gasteiger partial charge >= 0.3 is 0 Å². The first-order valence-electron chi connectivity index (χ1n) is 11.5. The van der Waals surface area contributed by atoms with Crippen molar-refractivity contribution in [2.45, 2.75) is 51.4 Å². The molecule has 4 aromatic carbocycles. The fourth-order valence-electron chi connectivity index (χ4n) is 5.76. The molecule has 5 aromatic rings. The molecule has 0 fully saturated rings. The molecule has 0 N–H and O–H groups in total. The van der Waals surface area contributed by atoms with Crippen molar-refractivity contribution in [1.29, 1.82) is 0 Å². The van der Waals surface area contributed by atoms with Crippen LogP contribution in [0.2, 0.25) is 5.02 Å². The second kappa shape index (κ2) is 6.62. The average Bonchev–Trinajstić information content (AvgIpc) is 3.10. The van der Waals surface area contributed by atoms with Gasteiger partial charge in [-0.25, -0.2) is 0 Å². The molecule has 0 atom stereocenters. The summed E-state index contributed by atoms with van der Waals surface area (Å²) in [7, 11) is 0. The molecule has 0 saturated carbocycles. The van der Waals surface area contributed by atoms with Crippen LogP contribution in [0.3, 0.4) is 0 Å². The smallest absolute Gasteiger partial charge is 0.0547 e. The number of benzene rings is 4. The molecule has 0 aliphatic heterocycles. The number of hydrogen-bond acceptors (Lipinski definition) is 0. The minimum Gasteiger partial charge on any atom is -0.309 e. The van der Waals surface area contributed by atoms with Crippen molar-refractivity contribution in [2.24, 2.45) is 0 Å². The number of hydrogen-bond donors (Lipinski definition) is 0. The molecule has 1 aliphatic rings. The summed E-state index contributed by atoms with van der Waals surface area (Å²) in [6, 6.07) is 26.6. The molecule has 32 heavy (non-hydrogen) atoms. The summed E-state index contributed by atoms with van der Waals surface area (Å²) in [5.41, 5.74) is 7.03. The molecule has 1 aliphatic carbocycles. The van der Waals surface area contributed by atoms with Crippen molar-refractivity contribution in [3.05, 3.63) is 88.9 Å². The third kappa shape index (κ3) is 2.77. The van der Waals surface area contributed by atoms with Crippen LogP contribution in [0.25, 0.3) is 38.3 Å². The number of rotatable bonds is 1. The van der Waals surface area contributed by atoms with Gasteiger partial charge in [-0.05, 0) is 82.0 Å². The van der Waals surface area contributed by atoms with Crippen LogP contribution in [-0.2, 0) is 10.8 Å². The summed E-state index contributed by atoms with van der Waals surface area (Å²) >= 11 is 6.48. The highest BCUT2D eigenvalue weighted by molar-refractivity contribution is 6.32. The number of halogens is 1. The van der Waals surface area contributed by atoms with Gasteiger partial charge in [0.15, 0.2) is 0 Å². The number of nitrogens with zero attached hydrogens (tertiary/aromatic N) is 1. The minimum atomic E-state index is 0.176. The molecule has 0 spiro atoms. The molecule has 6 rings (SSSR count). The van der Waals surface area contributed by atoms with Crippen molar-refractivity contribution in [3.63, 3.8) is 0 Å². The van der Waals surface area contributed by atoms with Crippen LogP contribution < -0.4 is 0 Å². The molecule has 0 bridgehead atoms. The summed E-state index contributed by atoms with van der Waals surface area (Å²) < 4.78 is 2.42. The fourth-order valence-corrected chi connectivity index (χ4v) is 5.93. The minimum absolute atomic E-state index is 0.176. The van der Waals surface area contributed by atoms with Crippen LogP contribution in [0, 0.1) is 0 Å². The van der Waals surface area contributed by atoms with Crippen LogP contribution in [0.1, 0.15) is 51.7 Å². The van der Waals surface area contributed by atoms with Gasteiger partial charge in [-0.3, -0.25) is 0 Å². The maximum atomic E-state index is 6.48. The molecule has 160 valence electrons. The van der Waals surface area contributed by atoms with Crippen molar-refractivity contribution >= 4 is 44.2 Å². The Morgan fingerprint density at radius 3 is 2.22 bits per heavy atom. The first-order valence-corrected chi connectivity index (χ1v) is 11.9. The number of fused-ring (bicyclic) bond motifs is 6. The Kier molecular flexibility index (Phi) is 4.11. The van der Waals surface area contributed by atoms with Gasteiger partial charge in [0.05, 0.1) is 11.0 Å². The van der Waals surface area contributed by atoms with Crippen molar-refractivity contribution in [1.82, 2.24) is 4.57 Å². The molecule has 2 heteroatoms. The predicted octanol–water partition coefficient (Wildman–Crippen LogP) is 8.94. The summed E-state index contributed by atoms with van der Waals surface area (Å²) in [6.45, 7) is 9.55. The molecular weight excluding hydrogens is 410 g/mol. The summed E-state index contributed by atoms with van der Waals surface area (Å²) in [5.74, 6) is 0. The van der Waals surface area contributed by atoms with E-state index < -0.39 is 0 Å². The van der Waals surface area contributed by atoms with Crippen LogP contribution in [0.15, 0.2) is 72.8 Å². The molecule has 0 saturated heterocycles. The standard InChI is InChI=1S/C30H28ClN/c1-29(2)15-16-30(3,4)25-18-21(11-12-24(25)29)32-26-14-10-20(31)17-23(26)28-22-8-6-5-7-19(22)9-13-27(28)32/h5-14,17-18H,15-16H2,1-4H3. The maximum Gasteiger partial charge on any atom is 0.0547 e. The van der Waals surface area contributed by atoms with Gasteiger partial charge in [0, 0.05) is 21.5 Å². The van der Waals surface area contributed by atoms with E-state index >= 15 is 0 Å². The van der Waals surface area contributed by atoms with Crippen LogP contribution in [0.5, 0.6) is 0 Å². The molecular formula is C30H28ClN. The quantitative estimate of drug-likeness (QED) is 0.246. The third-order valence-electron chi connectivity index (χ3n) is 7.71. The highest BCUT2D eigenvalue weighted by Gasteiger charge is 2.37. The van der Waals surface area contributed by atoms with Gasteiger partial charge in [0.2, 0.25) is 0 Å². The Balaban J connectivity index is 1.73. The third-order valence-corrected chi connectivity index (χ3v) is 7.95. The van der Waals surface area contributed by atoms with Crippen LogP contribution >= 0.6 is 11.6 Å². The Morgan fingerprint density at radius 2 is 1.41 bits per heavy atom. The summed E-state index contributed by atoms with van der Waals surface area (Å²) in [4.78, 5) is 0. The van der Waals surface area contributed by atoms with Gasteiger partial charge in [-0.2, -0.15) is 0 Å². The van der Waals surface area contributed by atoms with E-state index in [1.807, 2.05) is 6.07 Å². The highest BCUT2D eigenvalue weighted by atomic mass is 35.5. The monoisotopic (exact) mass is 437 g/mol. The normalized spacial score (nSPS) is 17.2. The van der Waals surface area contributed by atoms with E-state index in [0.29, 0.717) is 0 Å². The van der Waals surface area contributed by atoms with Crippen LogP contribution in [0.4, 0.5) is 0 Å². The van der Waals surface area contributed by atoms with Gasteiger partial charge in [0.25, 0.3) is 0 Å². The van der Waals surface area contributed by atoms with E-state index in [4.69, 9.17) is 11.6 Å². The first-order chi connectivity index (χ1) is 15.3. The van der Waals surface area contributed by atoms with E-state index in [-0.39, 0.29) is 10.8 Å². The molecule has 0 unspecified atom stereocenters. The molecule has 0 amide bonds. The van der Waals surface area contributed by atoms with Crippen molar-refractivity contribution in [2.75, 3.05) is 0 Å². The highest BCUT2D eigenvalue weighted by Crippen LogP contribution is 2.47. The lowest BCUT2D eigenvalue weighted by molar-refractivity contribution is 0.332. The first kappa shape index (κ1) is 19.9. The summed E-state index contributed by atoms with van der Waals surface area (Å²) in [6.07, 6.45) is 2.44. The van der Waals surface area contributed by atoms with E-state index in [1.54, 1.807) is 0 Å². The predicted molar refractivity (Wildman–Crippen MR) is 139 cm³/mol. The molecule has 1 aromatic heterocycles. The molecule has 1 nitrogen and oxygen atoms in total. The Morgan fingerprint density at radius 1 is 0.688 bits per heavy atom. The van der Waals surface area contributed by atoms with Crippen molar-refractivity contribution in [3.8, 4) is 5.69 Å². The topological polar surface area (TPSA) is 4.93 Å². The van der Waals surface area contributed by atoms with Crippen molar-refractivity contribution < 1.29 is 0 Å². The van der Waals surface area contributed by atoms with E-state index in [9.17, 15) is 0 Å². The fraction of sp³-hybridized carbons (Fsp3) is 0.267. The van der Waals surface area contributed by atoms with Gasteiger partial charge in [-0.15, -0.1) is 0 Å². The number of aromatic nitrogens is 1. The lowest BCUT2D eigenvalue weighted by atomic mass is 9.63. The molecule has 1 heterocycles. The second-order valence-electron chi connectivity index (χ2n) is 10.7. The lowest BCUT2D eigenvalue weighted by Gasteiger charge is -2.42. The van der Waals surface area contributed by atoms with Gasteiger partial charge in [0.1, 0.15) is 0 Å². The zero-order valence-electron chi connectivity index (χ0n) is 19.2. The Labute approximate surface area is 194 Å². The Bertz CT molecular complexity index is 1530. The maximum absolute atomic E-state index is 6.48. The zero-order chi connectivity index (χ0) is 22.3.